The molecule has 0 amide bonds. The topological polar surface area (TPSA) is 74.7 Å². The number of carboxylic acid groups (broad SMARTS) is 1. The van der Waals surface area contributed by atoms with Gasteiger partial charge in [0, 0.05) is 18.6 Å². The van der Waals surface area contributed by atoms with Gasteiger partial charge in [-0.2, -0.15) is 0 Å². The number of carboxylic acids is 1. The van der Waals surface area contributed by atoms with Gasteiger partial charge in [-0.15, -0.1) is 0 Å². The molecule has 2 fully saturated rings. The highest BCUT2D eigenvalue weighted by Gasteiger charge is 2.37. The zero-order valence-corrected chi connectivity index (χ0v) is 12.2. The van der Waals surface area contributed by atoms with E-state index in [-0.39, 0.29) is 24.0 Å². The smallest absolute Gasteiger partial charge is 0.304 e. The molecule has 0 radical (unpaired) electrons. The summed E-state index contributed by atoms with van der Waals surface area (Å²) in [4.78, 5) is 13.1. The number of hydrogen-bond acceptors (Lipinski definition) is 4. The Morgan fingerprint density at radius 2 is 2.11 bits per heavy atom. The molecule has 1 aliphatic heterocycles. The van der Waals surface area contributed by atoms with Crippen molar-refractivity contribution in [2.24, 2.45) is 5.92 Å². The van der Waals surface area contributed by atoms with Gasteiger partial charge >= 0.3 is 5.97 Å². The number of sulfone groups is 1. The van der Waals surface area contributed by atoms with Crippen LogP contribution in [0.3, 0.4) is 0 Å². The second-order valence-electron chi connectivity index (χ2n) is 6.03. The lowest BCUT2D eigenvalue weighted by atomic mass is 9.85. The van der Waals surface area contributed by atoms with E-state index in [1.165, 1.54) is 6.42 Å². The molecule has 0 aromatic rings. The molecule has 0 bridgehead atoms. The van der Waals surface area contributed by atoms with Gasteiger partial charge in [0.15, 0.2) is 9.84 Å². The van der Waals surface area contributed by atoms with E-state index in [2.05, 4.69) is 11.8 Å². The van der Waals surface area contributed by atoms with E-state index in [9.17, 15) is 13.2 Å². The SMILES string of the molecule is CC1CCCC(N2CCS(=O)(=O)CC2CC(=O)O)C1. The Balaban J connectivity index is 2.09. The summed E-state index contributed by atoms with van der Waals surface area (Å²) in [5, 5.41) is 8.98. The molecule has 1 N–H and O–H groups in total. The summed E-state index contributed by atoms with van der Waals surface area (Å²) in [6.45, 7) is 2.72. The standard InChI is InChI=1S/C13H23NO4S/c1-10-3-2-4-11(7-10)14-5-6-19(17,18)9-12(14)8-13(15)16/h10-12H,2-9H2,1H3,(H,15,16). The van der Waals surface area contributed by atoms with Gasteiger partial charge in [0.05, 0.1) is 17.9 Å². The molecule has 2 aliphatic rings. The maximum atomic E-state index is 11.7. The lowest BCUT2D eigenvalue weighted by Crippen LogP contribution is -2.54. The van der Waals surface area contributed by atoms with Crippen LogP contribution in [0.25, 0.3) is 0 Å². The fourth-order valence-electron chi connectivity index (χ4n) is 3.46. The Hall–Kier alpha value is -0.620. The number of hydrogen-bond donors (Lipinski definition) is 1. The minimum Gasteiger partial charge on any atom is -0.481 e. The third kappa shape index (κ3) is 3.92. The summed E-state index contributed by atoms with van der Waals surface area (Å²) in [6.07, 6.45) is 4.46. The minimum atomic E-state index is -3.07. The Kier molecular flexibility index (Phi) is 4.50. The van der Waals surface area contributed by atoms with Gasteiger partial charge in [0.1, 0.15) is 0 Å². The lowest BCUT2D eigenvalue weighted by molar-refractivity contribution is -0.138. The van der Waals surface area contributed by atoms with Crippen molar-refractivity contribution >= 4 is 15.8 Å². The Morgan fingerprint density at radius 1 is 1.37 bits per heavy atom. The first-order valence-electron chi connectivity index (χ1n) is 7.05. The number of aliphatic carboxylic acids is 1. The second kappa shape index (κ2) is 5.79. The normalized spacial score (nSPS) is 35.9. The molecule has 3 unspecified atom stereocenters. The van der Waals surface area contributed by atoms with Gasteiger partial charge < -0.3 is 5.11 Å². The molecule has 2 rings (SSSR count). The first-order chi connectivity index (χ1) is 8.87. The first kappa shape index (κ1) is 14.8. The zero-order chi connectivity index (χ0) is 14.0. The summed E-state index contributed by atoms with van der Waals surface area (Å²) in [6, 6.07) is 0.0233. The maximum Gasteiger partial charge on any atom is 0.304 e. The van der Waals surface area contributed by atoms with Crippen molar-refractivity contribution in [3.63, 3.8) is 0 Å². The molecule has 0 aromatic heterocycles. The van der Waals surface area contributed by atoms with Gasteiger partial charge in [-0.25, -0.2) is 8.42 Å². The van der Waals surface area contributed by atoms with E-state index in [1.807, 2.05) is 0 Å². The van der Waals surface area contributed by atoms with Gasteiger partial charge in [-0.1, -0.05) is 19.8 Å². The van der Waals surface area contributed by atoms with E-state index < -0.39 is 15.8 Å². The average Bonchev–Trinajstić information content (AvgIpc) is 2.27. The van der Waals surface area contributed by atoms with Crippen molar-refractivity contribution in [3.05, 3.63) is 0 Å². The molecular weight excluding hydrogens is 266 g/mol. The highest BCUT2D eigenvalue weighted by molar-refractivity contribution is 7.91. The molecule has 1 saturated carbocycles. The number of carbonyl (C=O) groups is 1. The molecule has 1 aliphatic carbocycles. The summed E-state index contributed by atoms with van der Waals surface area (Å²) in [5.74, 6) is -0.0724. The number of nitrogens with zero attached hydrogens (tertiary/aromatic N) is 1. The van der Waals surface area contributed by atoms with Crippen molar-refractivity contribution < 1.29 is 18.3 Å². The van der Waals surface area contributed by atoms with Crippen LogP contribution in [0.2, 0.25) is 0 Å². The van der Waals surface area contributed by atoms with Crippen LogP contribution < -0.4 is 0 Å². The van der Waals surface area contributed by atoms with Crippen LogP contribution in [0.4, 0.5) is 0 Å². The predicted octanol–water partition coefficient (Wildman–Crippen LogP) is 1.14. The predicted molar refractivity (Wildman–Crippen MR) is 72.8 cm³/mol. The molecular formula is C13H23NO4S. The van der Waals surface area contributed by atoms with E-state index in [1.54, 1.807) is 0 Å². The van der Waals surface area contributed by atoms with Crippen LogP contribution in [0.1, 0.15) is 39.0 Å². The minimum absolute atomic E-state index is 0.00415. The van der Waals surface area contributed by atoms with E-state index in [0.29, 0.717) is 18.5 Å². The molecule has 0 spiro atoms. The molecule has 19 heavy (non-hydrogen) atoms. The van der Waals surface area contributed by atoms with Crippen LogP contribution in [-0.2, 0) is 14.6 Å². The van der Waals surface area contributed by atoms with Crippen LogP contribution in [0.5, 0.6) is 0 Å². The summed E-state index contributed by atoms with van der Waals surface area (Å²) < 4.78 is 23.4. The second-order valence-corrected chi connectivity index (χ2v) is 8.26. The molecule has 6 heteroatoms. The molecule has 3 atom stereocenters. The van der Waals surface area contributed by atoms with Crippen LogP contribution in [0.15, 0.2) is 0 Å². The Labute approximate surface area is 114 Å². The molecule has 0 aromatic carbocycles. The van der Waals surface area contributed by atoms with Gasteiger partial charge in [-0.3, -0.25) is 9.69 Å². The largest absolute Gasteiger partial charge is 0.481 e. The molecule has 5 nitrogen and oxygen atoms in total. The van der Waals surface area contributed by atoms with Crippen molar-refractivity contribution in [1.82, 2.24) is 4.90 Å². The monoisotopic (exact) mass is 289 g/mol. The fourth-order valence-corrected chi connectivity index (χ4v) is 5.01. The average molecular weight is 289 g/mol. The van der Waals surface area contributed by atoms with Gasteiger partial charge in [0.25, 0.3) is 0 Å². The summed E-state index contributed by atoms with van der Waals surface area (Å²) in [7, 11) is -3.07. The summed E-state index contributed by atoms with van der Waals surface area (Å²) >= 11 is 0. The quantitative estimate of drug-likeness (QED) is 0.843. The highest BCUT2D eigenvalue weighted by atomic mass is 32.2. The van der Waals surface area contributed by atoms with Crippen molar-refractivity contribution in [2.75, 3.05) is 18.1 Å². The van der Waals surface area contributed by atoms with Crippen LogP contribution in [0, 0.1) is 5.92 Å². The number of rotatable bonds is 3. The molecule has 110 valence electrons. The summed E-state index contributed by atoms with van der Waals surface area (Å²) in [5.41, 5.74) is 0. The maximum absolute atomic E-state index is 11.7. The fraction of sp³-hybridized carbons (Fsp3) is 0.923. The Morgan fingerprint density at radius 3 is 2.74 bits per heavy atom. The zero-order valence-electron chi connectivity index (χ0n) is 11.4. The Bertz CT molecular complexity index is 434. The van der Waals surface area contributed by atoms with Crippen molar-refractivity contribution in [1.29, 1.82) is 0 Å². The first-order valence-corrected chi connectivity index (χ1v) is 8.87. The van der Waals surface area contributed by atoms with Gasteiger partial charge in [-0.05, 0) is 18.8 Å². The van der Waals surface area contributed by atoms with Gasteiger partial charge in [0.2, 0.25) is 0 Å². The van der Waals surface area contributed by atoms with E-state index in [0.717, 1.165) is 19.3 Å². The molecule has 1 saturated heterocycles. The van der Waals surface area contributed by atoms with Crippen molar-refractivity contribution in [2.45, 2.75) is 51.1 Å². The van der Waals surface area contributed by atoms with Crippen molar-refractivity contribution in [3.8, 4) is 0 Å². The van der Waals surface area contributed by atoms with Crippen LogP contribution >= 0.6 is 0 Å². The van der Waals surface area contributed by atoms with E-state index >= 15 is 0 Å². The van der Waals surface area contributed by atoms with E-state index in [4.69, 9.17) is 5.11 Å². The highest BCUT2D eigenvalue weighted by Crippen LogP contribution is 2.30. The lowest BCUT2D eigenvalue weighted by Gasteiger charge is -2.43. The van der Waals surface area contributed by atoms with Crippen LogP contribution in [-0.4, -0.2) is 54.5 Å². The molecule has 1 heterocycles. The third-order valence-corrected chi connectivity index (χ3v) is 6.06. The third-order valence-electron chi connectivity index (χ3n) is 4.36.